The Labute approximate surface area is 163 Å². The highest BCUT2D eigenvalue weighted by Gasteiger charge is 2.42. The van der Waals surface area contributed by atoms with E-state index in [0.29, 0.717) is 16.4 Å². The fourth-order valence-electron chi connectivity index (χ4n) is 3.03. The average molecular weight is 409 g/mol. The lowest BCUT2D eigenvalue weighted by Crippen LogP contribution is -2.45. The molecule has 3 rings (SSSR count). The Balaban J connectivity index is 1.75. The monoisotopic (exact) mass is 408 g/mol. The molecule has 4 N–H and O–H groups in total. The molecule has 2 aromatic rings. The van der Waals surface area contributed by atoms with Crippen molar-refractivity contribution in [3.05, 3.63) is 58.6 Å². The van der Waals surface area contributed by atoms with Crippen molar-refractivity contribution < 1.29 is 13.2 Å². The minimum absolute atomic E-state index is 0.192. The molecule has 0 spiro atoms. The van der Waals surface area contributed by atoms with Crippen LogP contribution in [0.4, 0.5) is 11.4 Å². The molecule has 2 aromatic carbocycles. The molecular formula is C18H21ClN4O3S. The van der Waals surface area contributed by atoms with E-state index in [1.165, 1.54) is 0 Å². The van der Waals surface area contributed by atoms with Crippen LogP contribution in [-0.2, 0) is 14.8 Å². The second kappa shape index (κ2) is 7.85. The van der Waals surface area contributed by atoms with Crippen LogP contribution in [0.15, 0.2) is 42.5 Å². The van der Waals surface area contributed by atoms with E-state index < -0.39 is 27.2 Å². The Morgan fingerprint density at radius 2 is 1.70 bits per heavy atom. The molecule has 0 aliphatic carbocycles. The molecule has 1 heterocycles. The van der Waals surface area contributed by atoms with E-state index in [-0.39, 0.29) is 6.54 Å². The standard InChI is InChI=1S/C18H21ClN4O3S/c1-11-7-12(2)9-15(8-11)23-27(25,26)18-16(10-20-22-18)17(24)21-14-5-3-13(19)4-6-14/h3-9,16,18,20,22-23H,10H2,1-2H3,(H,21,24). The largest absolute Gasteiger partial charge is 0.326 e. The summed E-state index contributed by atoms with van der Waals surface area (Å²) in [5.74, 6) is -1.20. The quantitative estimate of drug-likeness (QED) is 0.608. The number of nitrogens with one attached hydrogen (secondary N) is 4. The summed E-state index contributed by atoms with van der Waals surface area (Å²) in [5.41, 5.74) is 8.37. The summed E-state index contributed by atoms with van der Waals surface area (Å²) < 4.78 is 28.2. The van der Waals surface area contributed by atoms with Gasteiger partial charge in [-0.25, -0.2) is 13.8 Å². The number of aryl methyl sites for hydroxylation is 2. The number of hydrogen-bond acceptors (Lipinski definition) is 5. The van der Waals surface area contributed by atoms with E-state index in [0.717, 1.165) is 11.1 Å². The first-order valence-corrected chi connectivity index (χ1v) is 10.3. The van der Waals surface area contributed by atoms with Gasteiger partial charge in [0.2, 0.25) is 5.91 Å². The summed E-state index contributed by atoms with van der Waals surface area (Å²) in [6.07, 6.45) is 0. The van der Waals surface area contributed by atoms with Crippen molar-refractivity contribution in [3.8, 4) is 0 Å². The molecule has 1 fully saturated rings. The maximum absolute atomic E-state index is 12.8. The predicted octanol–water partition coefficient (Wildman–Crippen LogP) is 2.39. The molecule has 0 radical (unpaired) electrons. The lowest BCUT2D eigenvalue weighted by Gasteiger charge is -2.20. The van der Waals surface area contributed by atoms with Gasteiger partial charge in [0.05, 0.1) is 5.92 Å². The van der Waals surface area contributed by atoms with Crippen LogP contribution >= 0.6 is 11.6 Å². The summed E-state index contributed by atoms with van der Waals surface area (Å²) in [7, 11) is -3.85. The van der Waals surface area contributed by atoms with Gasteiger partial charge in [0.1, 0.15) is 0 Å². The van der Waals surface area contributed by atoms with Crippen molar-refractivity contribution in [1.29, 1.82) is 0 Å². The lowest BCUT2D eigenvalue weighted by atomic mass is 10.1. The van der Waals surface area contributed by atoms with Crippen LogP contribution in [0.2, 0.25) is 5.02 Å². The highest BCUT2D eigenvalue weighted by Crippen LogP contribution is 2.22. The molecule has 27 heavy (non-hydrogen) atoms. The lowest BCUT2D eigenvalue weighted by molar-refractivity contribution is -0.119. The Hall–Kier alpha value is -2.13. The third-order valence-electron chi connectivity index (χ3n) is 4.20. The number of anilines is 2. The minimum atomic E-state index is -3.85. The number of sulfonamides is 1. The number of hydrazine groups is 1. The molecule has 2 unspecified atom stereocenters. The van der Waals surface area contributed by atoms with Gasteiger partial charge in [-0.3, -0.25) is 14.9 Å². The SMILES string of the molecule is Cc1cc(C)cc(NS(=O)(=O)C2NNCC2C(=O)Nc2ccc(Cl)cc2)c1. The van der Waals surface area contributed by atoms with Crippen molar-refractivity contribution in [2.75, 3.05) is 16.6 Å². The van der Waals surface area contributed by atoms with Gasteiger partial charge in [0.15, 0.2) is 5.37 Å². The third-order valence-corrected chi connectivity index (χ3v) is 6.08. The van der Waals surface area contributed by atoms with Gasteiger partial charge in [-0.2, -0.15) is 0 Å². The van der Waals surface area contributed by atoms with Crippen molar-refractivity contribution >= 4 is 38.9 Å². The van der Waals surface area contributed by atoms with E-state index in [4.69, 9.17) is 11.6 Å². The number of carbonyl (C=O) groups excluding carboxylic acids is 1. The fourth-order valence-corrected chi connectivity index (χ4v) is 4.62. The van der Waals surface area contributed by atoms with Gasteiger partial charge in [-0.1, -0.05) is 17.7 Å². The average Bonchev–Trinajstić information content (AvgIpc) is 3.06. The second-order valence-corrected chi connectivity index (χ2v) is 8.81. The van der Waals surface area contributed by atoms with E-state index in [1.54, 1.807) is 36.4 Å². The maximum atomic E-state index is 12.8. The number of carbonyl (C=O) groups is 1. The molecule has 0 saturated carbocycles. The summed E-state index contributed by atoms with van der Waals surface area (Å²) >= 11 is 5.84. The van der Waals surface area contributed by atoms with E-state index >= 15 is 0 Å². The molecule has 9 heteroatoms. The zero-order valence-electron chi connectivity index (χ0n) is 14.9. The Kier molecular flexibility index (Phi) is 5.71. The molecule has 144 valence electrons. The summed E-state index contributed by atoms with van der Waals surface area (Å²) in [6.45, 7) is 3.98. The first kappa shape index (κ1) is 19.6. The smallest absolute Gasteiger partial charge is 0.250 e. The van der Waals surface area contributed by atoms with Crippen LogP contribution in [0.3, 0.4) is 0 Å². The van der Waals surface area contributed by atoms with Crippen molar-refractivity contribution in [2.45, 2.75) is 19.2 Å². The molecular weight excluding hydrogens is 388 g/mol. The molecule has 0 aromatic heterocycles. The minimum Gasteiger partial charge on any atom is -0.326 e. The fraction of sp³-hybridized carbons (Fsp3) is 0.278. The van der Waals surface area contributed by atoms with E-state index in [1.807, 2.05) is 19.9 Å². The highest BCUT2D eigenvalue weighted by molar-refractivity contribution is 7.93. The Bertz CT molecular complexity index is 927. The van der Waals surface area contributed by atoms with Gasteiger partial charge >= 0.3 is 0 Å². The van der Waals surface area contributed by atoms with Crippen LogP contribution < -0.4 is 20.9 Å². The normalized spacial score (nSPS) is 19.7. The third kappa shape index (κ3) is 4.78. The summed E-state index contributed by atoms with van der Waals surface area (Å²) in [4.78, 5) is 12.6. The molecule has 1 amide bonds. The van der Waals surface area contributed by atoms with Crippen molar-refractivity contribution in [3.63, 3.8) is 0 Å². The first-order chi connectivity index (χ1) is 12.7. The molecule has 7 nitrogen and oxygen atoms in total. The van der Waals surface area contributed by atoms with Gasteiger partial charge in [0, 0.05) is 22.9 Å². The van der Waals surface area contributed by atoms with Crippen LogP contribution in [0, 0.1) is 19.8 Å². The highest BCUT2D eigenvalue weighted by atomic mass is 35.5. The summed E-state index contributed by atoms with van der Waals surface area (Å²) in [6, 6.07) is 12.1. The molecule has 1 aliphatic rings. The topological polar surface area (TPSA) is 99.3 Å². The Morgan fingerprint density at radius 3 is 2.33 bits per heavy atom. The van der Waals surface area contributed by atoms with E-state index in [9.17, 15) is 13.2 Å². The second-order valence-electron chi connectivity index (χ2n) is 6.57. The van der Waals surface area contributed by atoms with Crippen molar-refractivity contribution in [2.24, 2.45) is 5.92 Å². The predicted molar refractivity (Wildman–Crippen MR) is 107 cm³/mol. The number of amides is 1. The van der Waals surface area contributed by atoms with Crippen molar-refractivity contribution in [1.82, 2.24) is 10.9 Å². The van der Waals surface area contributed by atoms with Gasteiger partial charge in [-0.05, 0) is 61.4 Å². The van der Waals surface area contributed by atoms with Crippen LogP contribution in [0.5, 0.6) is 0 Å². The van der Waals surface area contributed by atoms with Crippen LogP contribution in [0.25, 0.3) is 0 Å². The van der Waals surface area contributed by atoms with Crippen LogP contribution in [-0.4, -0.2) is 26.2 Å². The van der Waals surface area contributed by atoms with E-state index in [2.05, 4.69) is 20.9 Å². The summed E-state index contributed by atoms with van der Waals surface area (Å²) in [5, 5.41) is 2.17. The van der Waals surface area contributed by atoms with Gasteiger partial charge in [-0.15, -0.1) is 0 Å². The molecule has 0 bridgehead atoms. The Morgan fingerprint density at radius 1 is 1.07 bits per heavy atom. The number of hydrogen-bond donors (Lipinski definition) is 4. The van der Waals surface area contributed by atoms with Crippen LogP contribution in [0.1, 0.15) is 11.1 Å². The zero-order chi connectivity index (χ0) is 19.6. The molecule has 1 saturated heterocycles. The zero-order valence-corrected chi connectivity index (χ0v) is 16.5. The first-order valence-electron chi connectivity index (χ1n) is 8.39. The maximum Gasteiger partial charge on any atom is 0.250 e. The number of halogens is 1. The number of benzene rings is 2. The van der Waals surface area contributed by atoms with Gasteiger partial charge in [0.25, 0.3) is 10.0 Å². The van der Waals surface area contributed by atoms with Gasteiger partial charge < -0.3 is 5.32 Å². The number of rotatable bonds is 5. The molecule has 2 atom stereocenters. The molecule has 1 aliphatic heterocycles.